The quantitative estimate of drug-likeness (QED) is 0.491. The molecule has 0 aliphatic carbocycles. The number of amides is 1. The highest BCUT2D eigenvalue weighted by Gasteiger charge is 2.24. The van der Waals surface area contributed by atoms with Gasteiger partial charge in [-0.2, -0.15) is 10.2 Å². The number of hydrogen-bond acceptors (Lipinski definition) is 4. The smallest absolute Gasteiger partial charge is 0.210 e. The highest BCUT2D eigenvalue weighted by molar-refractivity contribution is 5.97. The summed E-state index contributed by atoms with van der Waals surface area (Å²) in [5.74, 6) is 0. The van der Waals surface area contributed by atoms with Crippen LogP contribution in [0.1, 0.15) is 31.1 Å². The molecule has 0 N–H and O–H groups in total. The van der Waals surface area contributed by atoms with Crippen molar-refractivity contribution in [2.45, 2.75) is 32.9 Å². The Balaban J connectivity index is 1.61. The third kappa shape index (κ3) is 2.98. The third-order valence-corrected chi connectivity index (χ3v) is 5.87. The van der Waals surface area contributed by atoms with Crippen LogP contribution in [-0.4, -0.2) is 42.4 Å². The monoisotopic (exact) mass is 400 g/mol. The Labute approximate surface area is 174 Å². The molecule has 5 rings (SSSR count). The summed E-state index contributed by atoms with van der Waals surface area (Å²) in [5, 5.41) is 11.4. The molecule has 1 aliphatic rings. The summed E-state index contributed by atoms with van der Waals surface area (Å²) in [6.07, 6.45) is 7.57. The molecule has 4 heterocycles. The molecule has 30 heavy (non-hydrogen) atoms. The average Bonchev–Trinajstić information content (AvgIpc) is 3.38. The van der Waals surface area contributed by atoms with E-state index in [1.54, 1.807) is 4.90 Å². The van der Waals surface area contributed by atoms with Crippen molar-refractivity contribution in [3.8, 4) is 22.5 Å². The fourth-order valence-corrected chi connectivity index (χ4v) is 4.21. The summed E-state index contributed by atoms with van der Waals surface area (Å²) in [6, 6.07) is 8.66. The number of carbonyl (C=O) groups excluding carboxylic acids is 1. The molecule has 3 aromatic heterocycles. The fraction of sp³-hybridized carbons (Fsp3) is 0.304. The maximum atomic E-state index is 11.3. The van der Waals surface area contributed by atoms with Gasteiger partial charge in [0.15, 0.2) is 0 Å². The number of hydrogen-bond donors (Lipinski definition) is 0. The number of pyridine rings is 1. The number of rotatable bonds is 4. The molecule has 7 heteroatoms. The van der Waals surface area contributed by atoms with E-state index in [0.29, 0.717) is 12.6 Å². The second-order valence-electron chi connectivity index (χ2n) is 8.12. The predicted octanol–water partition coefficient (Wildman–Crippen LogP) is 3.59. The Kier molecular flexibility index (Phi) is 4.38. The molecule has 152 valence electrons. The van der Waals surface area contributed by atoms with E-state index in [2.05, 4.69) is 43.2 Å². The standard InChI is InChI=1S/C23H24N6O/c1-15(2)29-12-17(10-25-29)21-9-16-5-4-6-18(19(16)11-24-21)23-20-13-28(14-30)8-7-22(20)27(3)26-23/h4-6,9-12,14-15H,7-8,13H2,1-3H3. The van der Waals surface area contributed by atoms with Gasteiger partial charge in [-0.1, -0.05) is 18.2 Å². The minimum Gasteiger partial charge on any atom is -0.340 e. The molecule has 1 aromatic carbocycles. The summed E-state index contributed by atoms with van der Waals surface area (Å²) in [4.78, 5) is 17.9. The largest absolute Gasteiger partial charge is 0.340 e. The first kappa shape index (κ1) is 18.5. The number of benzene rings is 1. The number of carbonyl (C=O) groups is 1. The molecule has 0 bridgehead atoms. The molecular weight excluding hydrogens is 376 g/mol. The molecule has 7 nitrogen and oxygen atoms in total. The predicted molar refractivity (Wildman–Crippen MR) is 116 cm³/mol. The molecule has 0 spiro atoms. The lowest BCUT2D eigenvalue weighted by Crippen LogP contribution is -2.29. The SMILES string of the molecule is CC(C)n1cc(-c2cc3cccc(-c4nn(C)c5c4CN(C=O)CC5)c3cn2)cn1. The fourth-order valence-electron chi connectivity index (χ4n) is 4.21. The van der Waals surface area contributed by atoms with Crippen molar-refractivity contribution >= 4 is 17.2 Å². The van der Waals surface area contributed by atoms with Crippen LogP contribution in [0.3, 0.4) is 0 Å². The molecule has 0 fully saturated rings. The van der Waals surface area contributed by atoms with Gasteiger partial charge in [-0.3, -0.25) is 19.1 Å². The normalized spacial score (nSPS) is 13.8. The second-order valence-corrected chi connectivity index (χ2v) is 8.12. The van der Waals surface area contributed by atoms with E-state index in [1.165, 1.54) is 5.69 Å². The van der Waals surface area contributed by atoms with E-state index < -0.39 is 0 Å². The van der Waals surface area contributed by atoms with Gasteiger partial charge in [-0.05, 0) is 25.3 Å². The van der Waals surface area contributed by atoms with Crippen molar-refractivity contribution in [3.05, 3.63) is 54.1 Å². The van der Waals surface area contributed by atoms with E-state index >= 15 is 0 Å². The third-order valence-electron chi connectivity index (χ3n) is 5.87. The molecular formula is C23H24N6O. The van der Waals surface area contributed by atoms with Gasteiger partial charge in [0.1, 0.15) is 0 Å². The van der Waals surface area contributed by atoms with Crippen molar-refractivity contribution in [3.63, 3.8) is 0 Å². The van der Waals surface area contributed by atoms with E-state index in [1.807, 2.05) is 35.0 Å². The van der Waals surface area contributed by atoms with Crippen molar-refractivity contribution < 1.29 is 4.79 Å². The van der Waals surface area contributed by atoms with Crippen LogP contribution in [0, 0.1) is 0 Å². The summed E-state index contributed by atoms with van der Waals surface area (Å²) in [7, 11) is 1.98. The van der Waals surface area contributed by atoms with Gasteiger partial charge in [0.25, 0.3) is 0 Å². The minimum absolute atomic E-state index is 0.312. The van der Waals surface area contributed by atoms with Crippen LogP contribution >= 0.6 is 0 Å². The minimum atomic E-state index is 0.312. The van der Waals surface area contributed by atoms with Crippen LogP contribution in [0.4, 0.5) is 0 Å². The van der Waals surface area contributed by atoms with Crippen LogP contribution in [-0.2, 0) is 24.8 Å². The molecule has 1 amide bonds. The van der Waals surface area contributed by atoms with Gasteiger partial charge in [0, 0.05) is 72.8 Å². The lowest BCUT2D eigenvalue weighted by Gasteiger charge is -2.23. The number of aromatic nitrogens is 5. The summed E-state index contributed by atoms with van der Waals surface area (Å²) >= 11 is 0. The van der Waals surface area contributed by atoms with Crippen molar-refractivity contribution in [1.82, 2.24) is 29.4 Å². The molecule has 0 saturated carbocycles. The van der Waals surface area contributed by atoms with Gasteiger partial charge in [0.2, 0.25) is 6.41 Å². The molecule has 4 aromatic rings. The zero-order chi connectivity index (χ0) is 20.8. The van der Waals surface area contributed by atoms with Gasteiger partial charge < -0.3 is 4.90 Å². The maximum absolute atomic E-state index is 11.3. The van der Waals surface area contributed by atoms with Gasteiger partial charge in [-0.15, -0.1) is 0 Å². The van der Waals surface area contributed by atoms with Gasteiger partial charge >= 0.3 is 0 Å². The summed E-state index contributed by atoms with van der Waals surface area (Å²) in [5.41, 5.74) is 6.23. The van der Waals surface area contributed by atoms with Crippen molar-refractivity contribution in [1.29, 1.82) is 0 Å². The first-order valence-electron chi connectivity index (χ1n) is 10.2. The highest BCUT2D eigenvalue weighted by Crippen LogP contribution is 2.34. The van der Waals surface area contributed by atoms with Crippen molar-refractivity contribution in [2.24, 2.45) is 7.05 Å². The topological polar surface area (TPSA) is 68.8 Å². The van der Waals surface area contributed by atoms with Crippen LogP contribution in [0.15, 0.2) is 42.9 Å². The van der Waals surface area contributed by atoms with Crippen LogP contribution in [0.2, 0.25) is 0 Å². The molecule has 0 unspecified atom stereocenters. The van der Waals surface area contributed by atoms with E-state index in [-0.39, 0.29) is 0 Å². The maximum Gasteiger partial charge on any atom is 0.210 e. The van der Waals surface area contributed by atoms with E-state index in [4.69, 9.17) is 10.1 Å². The zero-order valence-corrected chi connectivity index (χ0v) is 17.4. The Morgan fingerprint density at radius 2 is 2.07 bits per heavy atom. The molecule has 0 atom stereocenters. The Morgan fingerprint density at radius 1 is 1.20 bits per heavy atom. The Bertz CT molecular complexity index is 1250. The summed E-state index contributed by atoms with van der Waals surface area (Å²) in [6.45, 7) is 5.55. The van der Waals surface area contributed by atoms with Gasteiger partial charge in [0.05, 0.1) is 17.6 Å². The average molecular weight is 400 g/mol. The number of nitrogens with zero attached hydrogens (tertiary/aromatic N) is 6. The number of aryl methyl sites for hydroxylation is 1. The first-order valence-corrected chi connectivity index (χ1v) is 10.2. The highest BCUT2D eigenvalue weighted by atomic mass is 16.1. The van der Waals surface area contributed by atoms with E-state index in [9.17, 15) is 4.79 Å². The van der Waals surface area contributed by atoms with Crippen LogP contribution in [0.25, 0.3) is 33.3 Å². The second kappa shape index (κ2) is 7.09. The van der Waals surface area contributed by atoms with Crippen LogP contribution < -0.4 is 0 Å². The number of fused-ring (bicyclic) bond motifs is 2. The summed E-state index contributed by atoms with van der Waals surface area (Å²) < 4.78 is 3.89. The van der Waals surface area contributed by atoms with Crippen molar-refractivity contribution in [2.75, 3.05) is 6.54 Å². The van der Waals surface area contributed by atoms with Crippen LogP contribution in [0.5, 0.6) is 0 Å². The lowest BCUT2D eigenvalue weighted by atomic mass is 9.97. The Hall–Kier alpha value is -3.48. The first-order chi connectivity index (χ1) is 14.5. The lowest BCUT2D eigenvalue weighted by molar-refractivity contribution is -0.118. The molecule has 1 aliphatic heterocycles. The zero-order valence-electron chi connectivity index (χ0n) is 17.4. The molecule has 0 saturated heterocycles. The molecule has 0 radical (unpaired) electrons. The van der Waals surface area contributed by atoms with E-state index in [0.717, 1.165) is 58.2 Å². The van der Waals surface area contributed by atoms with Gasteiger partial charge in [-0.25, -0.2) is 0 Å². The Morgan fingerprint density at radius 3 is 2.83 bits per heavy atom.